The van der Waals surface area contributed by atoms with E-state index in [1.165, 1.54) is 0 Å². The Balaban J connectivity index is 2.19. The molecule has 1 atom stereocenters. The van der Waals surface area contributed by atoms with Crippen molar-refractivity contribution in [3.8, 4) is 5.75 Å². The van der Waals surface area contributed by atoms with E-state index < -0.39 is 0 Å². The molecular weight excluding hydrogens is 182 g/mol. The minimum atomic E-state index is 0.122. The highest BCUT2D eigenvalue weighted by molar-refractivity contribution is 5.77. The molecule has 2 heterocycles. The van der Waals surface area contributed by atoms with E-state index in [2.05, 4.69) is 9.97 Å². The Bertz CT molecular complexity index is 480. The Labute approximate surface area is 79.9 Å². The minimum Gasteiger partial charge on any atom is -0.632 e. The minimum absolute atomic E-state index is 0.122. The van der Waals surface area contributed by atoms with Crippen molar-refractivity contribution < 1.29 is 9.80 Å². The second kappa shape index (κ2) is 2.70. The molecule has 1 aromatic carbocycles. The topological polar surface area (TPSA) is 65.4 Å². The SMILES string of the molecule is [O-][NH+]1COc2cc3nc[nH]c3cc2C1. The molecule has 0 bridgehead atoms. The predicted molar refractivity (Wildman–Crippen MR) is 49.6 cm³/mol. The number of aromatic amines is 1. The van der Waals surface area contributed by atoms with E-state index in [9.17, 15) is 5.21 Å². The average molecular weight is 191 g/mol. The van der Waals surface area contributed by atoms with Gasteiger partial charge >= 0.3 is 0 Å². The van der Waals surface area contributed by atoms with Gasteiger partial charge in [-0.2, -0.15) is 0 Å². The van der Waals surface area contributed by atoms with Crippen LogP contribution in [-0.2, 0) is 6.54 Å². The lowest BCUT2D eigenvalue weighted by Gasteiger charge is -2.28. The number of hydrogen-bond donors (Lipinski definition) is 2. The second-order valence-corrected chi connectivity index (χ2v) is 3.38. The Morgan fingerprint density at radius 3 is 3.36 bits per heavy atom. The molecule has 72 valence electrons. The van der Waals surface area contributed by atoms with Gasteiger partial charge in [0.05, 0.1) is 22.9 Å². The highest BCUT2D eigenvalue weighted by Crippen LogP contribution is 2.24. The second-order valence-electron chi connectivity index (χ2n) is 3.38. The fourth-order valence-electron chi connectivity index (χ4n) is 1.70. The van der Waals surface area contributed by atoms with E-state index in [1.54, 1.807) is 6.33 Å². The number of quaternary nitrogens is 1. The van der Waals surface area contributed by atoms with Crippen molar-refractivity contribution in [1.82, 2.24) is 9.97 Å². The van der Waals surface area contributed by atoms with Crippen molar-refractivity contribution in [2.45, 2.75) is 6.54 Å². The van der Waals surface area contributed by atoms with Crippen LogP contribution in [0.5, 0.6) is 5.75 Å². The molecule has 5 nitrogen and oxygen atoms in total. The number of nitrogens with one attached hydrogen (secondary N) is 2. The van der Waals surface area contributed by atoms with Crippen molar-refractivity contribution in [1.29, 1.82) is 0 Å². The van der Waals surface area contributed by atoms with Gasteiger partial charge in [0, 0.05) is 6.07 Å². The maximum absolute atomic E-state index is 11.1. The largest absolute Gasteiger partial charge is 0.632 e. The molecule has 5 heteroatoms. The van der Waals surface area contributed by atoms with Crippen molar-refractivity contribution in [2.24, 2.45) is 0 Å². The lowest BCUT2D eigenvalue weighted by atomic mass is 10.1. The van der Waals surface area contributed by atoms with Gasteiger partial charge in [-0.05, 0) is 6.07 Å². The van der Waals surface area contributed by atoms with Gasteiger partial charge in [0.1, 0.15) is 12.3 Å². The number of ether oxygens (including phenoxy) is 1. The molecule has 0 amide bonds. The van der Waals surface area contributed by atoms with Gasteiger partial charge in [0.25, 0.3) is 0 Å². The molecule has 1 unspecified atom stereocenters. The van der Waals surface area contributed by atoms with Gasteiger partial charge in [-0.15, -0.1) is 0 Å². The maximum atomic E-state index is 11.1. The third-order valence-electron chi connectivity index (χ3n) is 2.38. The first-order valence-electron chi connectivity index (χ1n) is 4.43. The molecule has 0 saturated carbocycles. The molecule has 0 radical (unpaired) electrons. The molecule has 3 rings (SSSR count). The summed E-state index contributed by atoms with van der Waals surface area (Å²) in [4.78, 5) is 7.13. The van der Waals surface area contributed by atoms with Crippen LogP contribution < -0.4 is 9.80 Å². The van der Waals surface area contributed by atoms with Crippen molar-refractivity contribution >= 4 is 11.0 Å². The number of H-pyrrole nitrogens is 1. The normalized spacial score (nSPS) is 20.5. The van der Waals surface area contributed by atoms with Gasteiger partial charge in [0.2, 0.25) is 6.73 Å². The zero-order valence-corrected chi connectivity index (χ0v) is 7.41. The number of benzene rings is 1. The molecule has 2 N–H and O–H groups in total. The molecule has 1 aromatic heterocycles. The van der Waals surface area contributed by atoms with Crippen LogP contribution >= 0.6 is 0 Å². The fraction of sp³-hybridized carbons (Fsp3) is 0.222. The highest BCUT2D eigenvalue weighted by atomic mass is 16.6. The van der Waals surface area contributed by atoms with Crippen LogP contribution in [-0.4, -0.2) is 16.7 Å². The summed E-state index contributed by atoms with van der Waals surface area (Å²) >= 11 is 0. The zero-order chi connectivity index (χ0) is 9.54. The van der Waals surface area contributed by atoms with Crippen LogP contribution in [0.1, 0.15) is 5.56 Å². The summed E-state index contributed by atoms with van der Waals surface area (Å²) in [5, 5.41) is 11.3. The van der Waals surface area contributed by atoms with Gasteiger partial charge < -0.3 is 20.0 Å². The number of hydroxylamine groups is 2. The first-order chi connectivity index (χ1) is 6.83. The molecule has 1 aliphatic heterocycles. The van der Waals surface area contributed by atoms with Crippen LogP contribution in [0.25, 0.3) is 11.0 Å². The first kappa shape index (κ1) is 7.78. The molecular formula is C9H9N3O2. The van der Waals surface area contributed by atoms with E-state index in [1.807, 2.05) is 12.1 Å². The van der Waals surface area contributed by atoms with E-state index in [0.29, 0.717) is 6.54 Å². The zero-order valence-electron chi connectivity index (χ0n) is 7.41. The fourth-order valence-corrected chi connectivity index (χ4v) is 1.70. The third-order valence-corrected chi connectivity index (χ3v) is 2.38. The van der Waals surface area contributed by atoms with Crippen LogP contribution in [0.2, 0.25) is 0 Å². The van der Waals surface area contributed by atoms with Crippen molar-refractivity contribution in [3.63, 3.8) is 0 Å². The lowest BCUT2D eigenvalue weighted by molar-refractivity contribution is -0.883. The number of rotatable bonds is 0. The van der Waals surface area contributed by atoms with Crippen LogP contribution in [0, 0.1) is 5.21 Å². The summed E-state index contributed by atoms with van der Waals surface area (Å²) < 4.78 is 5.31. The quantitative estimate of drug-likeness (QED) is 0.566. The smallest absolute Gasteiger partial charge is 0.222 e. The first-order valence-corrected chi connectivity index (χ1v) is 4.43. The lowest BCUT2D eigenvalue weighted by Crippen LogP contribution is -3.07. The van der Waals surface area contributed by atoms with E-state index >= 15 is 0 Å². The Kier molecular flexibility index (Phi) is 1.50. The number of hydrogen-bond acceptors (Lipinski definition) is 3. The molecule has 2 aromatic rings. The Morgan fingerprint density at radius 1 is 1.50 bits per heavy atom. The van der Waals surface area contributed by atoms with Gasteiger partial charge in [-0.1, -0.05) is 0 Å². The maximum Gasteiger partial charge on any atom is 0.222 e. The van der Waals surface area contributed by atoms with Gasteiger partial charge in [0.15, 0.2) is 0 Å². The molecule has 14 heavy (non-hydrogen) atoms. The summed E-state index contributed by atoms with van der Waals surface area (Å²) in [6, 6.07) is 3.79. The Morgan fingerprint density at radius 2 is 2.43 bits per heavy atom. The predicted octanol–water partition coefficient (Wildman–Crippen LogP) is -0.205. The summed E-state index contributed by atoms with van der Waals surface area (Å²) in [7, 11) is 0. The number of aromatic nitrogens is 2. The standard InChI is InChI=1S/C9H9N3O2/c13-12-3-6-1-7-8(11-4-10-7)2-9(6)14-5-12/h1-2,4,12H,3,5H2,(H,10,11). The summed E-state index contributed by atoms with van der Waals surface area (Å²) in [6.07, 6.45) is 1.64. The molecule has 0 spiro atoms. The number of nitrogens with zero attached hydrogens (tertiary/aromatic N) is 1. The van der Waals surface area contributed by atoms with Crippen LogP contribution in [0.15, 0.2) is 18.5 Å². The molecule has 0 aliphatic carbocycles. The van der Waals surface area contributed by atoms with E-state index in [-0.39, 0.29) is 11.8 Å². The number of imidazole rings is 1. The van der Waals surface area contributed by atoms with Crippen molar-refractivity contribution in [3.05, 3.63) is 29.2 Å². The highest BCUT2D eigenvalue weighted by Gasteiger charge is 2.16. The summed E-state index contributed by atoms with van der Waals surface area (Å²) in [5.74, 6) is 0.782. The summed E-state index contributed by atoms with van der Waals surface area (Å²) in [5.41, 5.74) is 2.76. The van der Waals surface area contributed by atoms with Crippen LogP contribution in [0.4, 0.5) is 0 Å². The van der Waals surface area contributed by atoms with Crippen molar-refractivity contribution in [2.75, 3.05) is 6.73 Å². The number of fused-ring (bicyclic) bond motifs is 2. The molecule has 1 aliphatic rings. The Hall–Kier alpha value is -1.59. The summed E-state index contributed by atoms with van der Waals surface area (Å²) in [6.45, 7) is 0.646. The van der Waals surface area contributed by atoms with Crippen LogP contribution in [0.3, 0.4) is 0 Å². The monoisotopic (exact) mass is 191 g/mol. The molecule has 0 saturated heterocycles. The van der Waals surface area contributed by atoms with E-state index in [4.69, 9.17) is 4.74 Å². The van der Waals surface area contributed by atoms with Gasteiger partial charge in [-0.25, -0.2) is 4.98 Å². The van der Waals surface area contributed by atoms with E-state index in [0.717, 1.165) is 22.3 Å². The molecule has 0 fully saturated rings. The third kappa shape index (κ3) is 1.07. The van der Waals surface area contributed by atoms with Gasteiger partial charge in [-0.3, -0.25) is 0 Å². The average Bonchev–Trinajstić information content (AvgIpc) is 2.61.